The number of hydrogen-bond acceptors (Lipinski definition) is 3. The molecule has 1 aliphatic heterocycles. The Morgan fingerprint density at radius 1 is 1.00 bits per heavy atom. The van der Waals surface area contributed by atoms with Crippen molar-refractivity contribution < 1.29 is 14.7 Å². The lowest BCUT2D eigenvalue weighted by Gasteiger charge is -2.15. The second-order valence-corrected chi connectivity index (χ2v) is 5.50. The number of aryl methyl sites for hydroxylation is 2. The number of carbonyl (C=O) groups is 2. The van der Waals surface area contributed by atoms with Crippen LogP contribution in [-0.4, -0.2) is 16.9 Å². The van der Waals surface area contributed by atoms with E-state index in [9.17, 15) is 14.7 Å². The topological polar surface area (TPSA) is 69.6 Å². The van der Waals surface area contributed by atoms with Gasteiger partial charge in [-0.25, -0.2) is 5.01 Å². The van der Waals surface area contributed by atoms with Gasteiger partial charge in [-0.1, -0.05) is 18.2 Å². The van der Waals surface area contributed by atoms with E-state index in [2.05, 4.69) is 5.43 Å². The lowest BCUT2D eigenvalue weighted by Crippen LogP contribution is -2.35. The van der Waals surface area contributed by atoms with Gasteiger partial charge in [-0.3, -0.25) is 15.0 Å². The first-order chi connectivity index (χ1) is 11.0. The highest BCUT2D eigenvalue weighted by Gasteiger charge is 2.34. The van der Waals surface area contributed by atoms with Crippen molar-refractivity contribution in [3.63, 3.8) is 0 Å². The highest BCUT2D eigenvalue weighted by Crippen LogP contribution is 2.24. The minimum atomic E-state index is -0.443. The van der Waals surface area contributed by atoms with Crippen molar-refractivity contribution in [2.24, 2.45) is 0 Å². The number of aromatic hydroxyl groups is 1. The second kappa shape index (κ2) is 5.61. The van der Waals surface area contributed by atoms with Gasteiger partial charge in [0.25, 0.3) is 11.8 Å². The molecule has 2 amide bonds. The van der Waals surface area contributed by atoms with Crippen LogP contribution in [0.1, 0.15) is 16.7 Å². The second-order valence-electron chi connectivity index (χ2n) is 5.50. The molecule has 0 saturated carbocycles. The number of nitrogens with zero attached hydrogens (tertiary/aromatic N) is 1. The highest BCUT2D eigenvalue weighted by atomic mass is 16.3. The summed E-state index contributed by atoms with van der Waals surface area (Å²) in [4.78, 5) is 24.6. The van der Waals surface area contributed by atoms with E-state index >= 15 is 0 Å². The third-order valence-electron chi connectivity index (χ3n) is 3.84. The van der Waals surface area contributed by atoms with Crippen LogP contribution < -0.4 is 10.4 Å². The molecule has 2 aromatic carbocycles. The van der Waals surface area contributed by atoms with Gasteiger partial charge in [0, 0.05) is 0 Å². The van der Waals surface area contributed by atoms with Crippen LogP contribution in [0, 0.1) is 13.8 Å². The Hall–Kier alpha value is -3.08. The number of hydrazine groups is 1. The molecule has 23 heavy (non-hydrogen) atoms. The molecule has 0 bridgehead atoms. The molecule has 0 atom stereocenters. The molecular weight excluding hydrogens is 292 g/mol. The zero-order valence-electron chi connectivity index (χ0n) is 12.8. The molecular formula is C18H16N2O3. The summed E-state index contributed by atoms with van der Waals surface area (Å²) in [7, 11) is 0. The van der Waals surface area contributed by atoms with E-state index in [-0.39, 0.29) is 11.3 Å². The van der Waals surface area contributed by atoms with Crippen LogP contribution in [-0.2, 0) is 9.59 Å². The molecule has 2 N–H and O–H groups in total. The quantitative estimate of drug-likeness (QED) is 0.661. The monoisotopic (exact) mass is 308 g/mol. The Morgan fingerprint density at radius 3 is 2.35 bits per heavy atom. The van der Waals surface area contributed by atoms with E-state index in [0.29, 0.717) is 11.3 Å². The first-order valence-electron chi connectivity index (χ1n) is 7.19. The van der Waals surface area contributed by atoms with Crippen LogP contribution in [0.4, 0.5) is 5.69 Å². The maximum atomic E-state index is 12.5. The molecule has 0 radical (unpaired) electrons. The van der Waals surface area contributed by atoms with Crippen molar-refractivity contribution in [2.75, 3.05) is 5.01 Å². The molecule has 5 heteroatoms. The van der Waals surface area contributed by atoms with Crippen LogP contribution in [0.5, 0.6) is 5.75 Å². The van der Waals surface area contributed by atoms with Gasteiger partial charge in [0.15, 0.2) is 0 Å². The Bertz CT molecular complexity index is 823. The SMILES string of the molecule is Cc1ccc(N2NC(=O)C(=Cc3ccc(O)cc3)C2=O)cc1C. The standard InChI is InChI=1S/C18H16N2O3/c1-11-3-6-14(9-12(11)2)20-18(23)16(17(22)19-20)10-13-4-7-15(21)8-5-13/h3-10,21H,1-2H3,(H,19,22). The maximum absolute atomic E-state index is 12.5. The number of rotatable bonds is 2. The molecule has 1 fully saturated rings. The summed E-state index contributed by atoms with van der Waals surface area (Å²) < 4.78 is 0. The predicted octanol–water partition coefficient (Wildman–Crippen LogP) is 2.47. The zero-order chi connectivity index (χ0) is 16.6. The van der Waals surface area contributed by atoms with Crippen molar-refractivity contribution >= 4 is 23.6 Å². The van der Waals surface area contributed by atoms with Crippen molar-refractivity contribution in [1.29, 1.82) is 0 Å². The molecule has 1 saturated heterocycles. The summed E-state index contributed by atoms with van der Waals surface area (Å²) in [5.41, 5.74) is 6.09. The number of carbonyl (C=O) groups excluding carboxylic acids is 2. The van der Waals surface area contributed by atoms with Gasteiger partial charge in [0.05, 0.1) is 5.69 Å². The average molecular weight is 308 g/mol. The third-order valence-corrected chi connectivity index (χ3v) is 3.84. The Labute approximate surface area is 133 Å². The minimum absolute atomic E-state index is 0.0638. The fourth-order valence-corrected chi connectivity index (χ4v) is 2.34. The largest absolute Gasteiger partial charge is 0.508 e. The summed E-state index contributed by atoms with van der Waals surface area (Å²) in [5.74, 6) is -0.710. The first kappa shape index (κ1) is 14.8. The van der Waals surface area contributed by atoms with Crippen LogP contribution in [0.25, 0.3) is 6.08 Å². The average Bonchev–Trinajstić information content (AvgIpc) is 2.80. The van der Waals surface area contributed by atoms with Gasteiger partial charge in [-0.2, -0.15) is 0 Å². The fourth-order valence-electron chi connectivity index (χ4n) is 2.34. The van der Waals surface area contributed by atoms with Gasteiger partial charge in [-0.05, 0) is 60.9 Å². The lowest BCUT2D eigenvalue weighted by molar-refractivity contribution is -0.117. The summed E-state index contributed by atoms with van der Waals surface area (Å²) in [6.07, 6.45) is 1.51. The molecule has 0 spiro atoms. The predicted molar refractivity (Wildman–Crippen MR) is 87.6 cm³/mol. The Kier molecular flexibility index (Phi) is 3.62. The van der Waals surface area contributed by atoms with Crippen LogP contribution >= 0.6 is 0 Å². The first-order valence-corrected chi connectivity index (χ1v) is 7.19. The third kappa shape index (κ3) is 2.81. The van der Waals surface area contributed by atoms with E-state index in [0.717, 1.165) is 11.1 Å². The summed E-state index contributed by atoms with van der Waals surface area (Å²) >= 11 is 0. The van der Waals surface area contributed by atoms with E-state index < -0.39 is 11.8 Å². The number of phenolic OH excluding ortho intramolecular Hbond substituents is 1. The summed E-state index contributed by atoms with van der Waals surface area (Å²) in [5, 5.41) is 10.5. The van der Waals surface area contributed by atoms with Gasteiger partial charge in [0.2, 0.25) is 0 Å². The van der Waals surface area contributed by atoms with Crippen LogP contribution in [0.2, 0.25) is 0 Å². The molecule has 0 aromatic heterocycles. The van der Waals surface area contributed by atoms with Crippen LogP contribution in [0.15, 0.2) is 48.0 Å². The molecule has 5 nitrogen and oxygen atoms in total. The molecule has 0 aliphatic carbocycles. The van der Waals surface area contributed by atoms with Crippen LogP contribution in [0.3, 0.4) is 0 Å². The maximum Gasteiger partial charge on any atom is 0.282 e. The van der Waals surface area contributed by atoms with Crippen molar-refractivity contribution in [2.45, 2.75) is 13.8 Å². The highest BCUT2D eigenvalue weighted by molar-refractivity contribution is 6.31. The van der Waals surface area contributed by atoms with Crippen molar-refractivity contribution in [3.05, 3.63) is 64.7 Å². The number of anilines is 1. The summed E-state index contributed by atoms with van der Waals surface area (Å²) in [6, 6.07) is 11.9. The molecule has 116 valence electrons. The van der Waals surface area contributed by atoms with Crippen molar-refractivity contribution in [3.8, 4) is 5.75 Å². The molecule has 1 aliphatic rings. The normalized spacial score (nSPS) is 16.1. The van der Waals surface area contributed by atoms with Gasteiger partial charge >= 0.3 is 0 Å². The molecule has 0 unspecified atom stereocenters. The number of phenols is 1. The van der Waals surface area contributed by atoms with Gasteiger partial charge < -0.3 is 5.11 Å². The number of benzene rings is 2. The van der Waals surface area contributed by atoms with E-state index in [1.165, 1.54) is 23.2 Å². The lowest BCUT2D eigenvalue weighted by atomic mass is 10.1. The number of nitrogens with one attached hydrogen (secondary N) is 1. The number of amides is 2. The Morgan fingerprint density at radius 2 is 1.70 bits per heavy atom. The molecule has 1 heterocycles. The van der Waals surface area contributed by atoms with Crippen molar-refractivity contribution in [1.82, 2.24) is 5.43 Å². The van der Waals surface area contributed by atoms with E-state index in [1.807, 2.05) is 26.0 Å². The van der Waals surface area contributed by atoms with E-state index in [1.54, 1.807) is 18.2 Å². The molecule has 2 aromatic rings. The summed E-state index contributed by atoms with van der Waals surface area (Å²) in [6.45, 7) is 3.94. The van der Waals surface area contributed by atoms with Gasteiger partial charge in [0.1, 0.15) is 11.3 Å². The molecule has 3 rings (SSSR count). The van der Waals surface area contributed by atoms with E-state index in [4.69, 9.17) is 0 Å². The Balaban J connectivity index is 1.93. The smallest absolute Gasteiger partial charge is 0.282 e. The van der Waals surface area contributed by atoms with Gasteiger partial charge in [-0.15, -0.1) is 0 Å². The fraction of sp³-hybridized carbons (Fsp3) is 0.111. The number of hydrogen-bond donors (Lipinski definition) is 2. The minimum Gasteiger partial charge on any atom is -0.508 e. The zero-order valence-corrected chi connectivity index (χ0v) is 12.8.